The molecule has 6 aromatic carbocycles. The van der Waals surface area contributed by atoms with Gasteiger partial charge in [0, 0.05) is 12.8 Å². The summed E-state index contributed by atoms with van der Waals surface area (Å²) in [6.45, 7) is 4.87. The van der Waals surface area contributed by atoms with E-state index in [0.29, 0.717) is 39.3 Å². The fraction of sp³-hybridized carbons (Fsp3) is 0.244. The first-order valence-electron chi connectivity index (χ1n) is 18.0. The van der Waals surface area contributed by atoms with Gasteiger partial charge in [-0.3, -0.25) is 9.59 Å². The second-order valence-electron chi connectivity index (χ2n) is 13.4. The van der Waals surface area contributed by atoms with Crippen molar-refractivity contribution < 1.29 is 28.5 Å². The highest BCUT2D eigenvalue weighted by Crippen LogP contribution is 2.56. The zero-order chi connectivity index (χ0) is 37.0. The number of fused-ring (bicyclic) bond motifs is 5. The molecule has 0 fully saturated rings. The topological polar surface area (TPSA) is 71.1 Å². The van der Waals surface area contributed by atoms with Crippen molar-refractivity contribution in [2.45, 2.75) is 42.6 Å². The molecule has 270 valence electrons. The minimum Gasteiger partial charge on any atom is -0.493 e. The van der Waals surface area contributed by atoms with E-state index in [1.807, 2.05) is 12.1 Å². The maximum Gasteiger partial charge on any atom is 0.318 e. The molecule has 0 saturated heterocycles. The lowest BCUT2D eigenvalue weighted by Crippen LogP contribution is -2.28. The van der Waals surface area contributed by atoms with Crippen LogP contribution in [0.25, 0.3) is 32.7 Å². The van der Waals surface area contributed by atoms with E-state index in [-0.39, 0.29) is 11.9 Å². The first-order valence-corrected chi connectivity index (χ1v) is 19.0. The van der Waals surface area contributed by atoms with Crippen LogP contribution in [0.15, 0.2) is 121 Å². The summed E-state index contributed by atoms with van der Waals surface area (Å²) in [6.07, 6.45) is 1.19. The zero-order valence-electron chi connectivity index (χ0n) is 29.8. The molecular formula is C45H42O6S2. The molecule has 0 amide bonds. The van der Waals surface area contributed by atoms with Crippen LogP contribution in [0, 0.1) is 0 Å². The van der Waals surface area contributed by atoms with E-state index < -0.39 is 15.9 Å². The third kappa shape index (κ3) is 7.48. The number of esters is 2. The molecule has 0 bridgehead atoms. The normalized spacial score (nSPS) is 13.9. The molecule has 0 saturated carbocycles. The Morgan fingerprint density at radius 1 is 0.528 bits per heavy atom. The standard InChI is InChI=1S/C45H42O6S2/c1-29(52)43(46)50-23-7-21-48-37-19-15-31-25-35(17-13-33(31)27-37)45(41-11-5-3-9-39(41)40-10-4-6-12-42(40)45)36-18-14-34-28-38(20-16-32(34)26-36)49-22-8-24-51-44(47)30(2)53/h3-6,9-20,25-30,52-53H,7-8,21-24H2,1-2H3. The van der Waals surface area contributed by atoms with Crippen molar-refractivity contribution in [1.29, 1.82) is 0 Å². The van der Waals surface area contributed by atoms with Crippen LogP contribution < -0.4 is 9.47 Å². The number of hydrogen-bond donors (Lipinski definition) is 2. The molecule has 8 heteroatoms. The quantitative estimate of drug-likeness (QED) is 0.0658. The SMILES string of the molecule is CC(S)C(=O)OCCCOc1ccc2cc(C3(c4ccc5cc(OCCCOC(=O)C(C)S)ccc5c4)c4ccccc4-c4ccccc43)ccc2c1. The fourth-order valence-electron chi connectivity index (χ4n) is 7.20. The Morgan fingerprint density at radius 2 is 0.925 bits per heavy atom. The number of carbonyl (C=O) groups is 2. The number of hydrogen-bond acceptors (Lipinski definition) is 8. The van der Waals surface area contributed by atoms with E-state index >= 15 is 0 Å². The summed E-state index contributed by atoms with van der Waals surface area (Å²) in [4.78, 5) is 23.4. The van der Waals surface area contributed by atoms with Gasteiger partial charge in [0.05, 0.1) is 42.3 Å². The summed E-state index contributed by atoms with van der Waals surface area (Å²) in [5, 5.41) is 3.52. The van der Waals surface area contributed by atoms with E-state index in [2.05, 4.69) is 134 Å². The Hall–Kier alpha value is -4.92. The van der Waals surface area contributed by atoms with Crippen LogP contribution in [0.1, 0.15) is 48.9 Å². The molecule has 2 unspecified atom stereocenters. The van der Waals surface area contributed by atoms with Crippen molar-refractivity contribution in [2.24, 2.45) is 0 Å². The summed E-state index contributed by atoms with van der Waals surface area (Å²) < 4.78 is 22.5. The second-order valence-corrected chi connectivity index (χ2v) is 14.9. The molecule has 7 rings (SSSR count). The van der Waals surface area contributed by atoms with E-state index in [4.69, 9.17) is 18.9 Å². The molecule has 53 heavy (non-hydrogen) atoms. The molecule has 0 N–H and O–H groups in total. The largest absolute Gasteiger partial charge is 0.493 e. The monoisotopic (exact) mass is 742 g/mol. The van der Waals surface area contributed by atoms with Crippen LogP contribution in [0.4, 0.5) is 0 Å². The highest BCUT2D eigenvalue weighted by atomic mass is 32.1. The first kappa shape index (κ1) is 36.4. The molecule has 0 spiro atoms. The zero-order valence-corrected chi connectivity index (χ0v) is 31.6. The first-order chi connectivity index (χ1) is 25.8. The van der Waals surface area contributed by atoms with Crippen molar-refractivity contribution in [3.8, 4) is 22.6 Å². The molecule has 0 aliphatic heterocycles. The number of ether oxygens (including phenoxy) is 4. The van der Waals surface area contributed by atoms with E-state index in [1.54, 1.807) is 13.8 Å². The van der Waals surface area contributed by atoms with Crippen LogP contribution >= 0.6 is 25.3 Å². The van der Waals surface area contributed by atoms with Crippen LogP contribution in [-0.2, 0) is 24.5 Å². The molecule has 0 aromatic heterocycles. The van der Waals surface area contributed by atoms with Crippen molar-refractivity contribution >= 4 is 58.7 Å². The van der Waals surface area contributed by atoms with Gasteiger partial charge in [-0.1, -0.05) is 84.9 Å². The summed E-state index contributed by atoms with van der Waals surface area (Å²) in [5.74, 6) is 0.901. The van der Waals surface area contributed by atoms with Gasteiger partial charge >= 0.3 is 11.9 Å². The molecule has 2 atom stereocenters. The predicted octanol–water partition coefficient (Wildman–Crippen LogP) is 9.62. The molecule has 1 aliphatic rings. The third-order valence-electron chi connectivity index (χ3n) is 9.73. The lowest BCUT2D eigenvalue weighted by Gasteiger charge is -2.34. The lowest BCUT2D eigenvalue weighted by molar-refractivity contribution is -0.143. The van der Waals surface area contributed by atoms with Crippen LogP contribution in [-0.4, -0.2) is 48.9 Å². The Bertz CT molecular complexity index is 2120. The highest BCUT2D eigenvalue weighted by Gasteiger charge is 2.46. The summed E-state index contributed by atoms with van der Waals surface area (Å²) >= 11 is 8.23. The molecule has 6 nitrogen and oxygen atoms in total. The number of thiol groups is 2. The van der Waals surface area contributed by atoms with Gasteiger partial charge in [-0.25, -0.2) is 0 Å². The van der Waals surface area contributed by atoms with Gasteiger partial charge in [0.15, 0.2) is 0 Å². The summed E-state index contributed by atoms with van der Waals surface area (Å²) in [6, 6.07) is 43.3. The van der Waals surface area contributed by atoms with Gasteiger partial charge in [0.2, 0.25) is 0 Å². The molecule has 0 heterocycles. The fourth-order valence-corrected chi connectivity index (χ4v) is 7.35. The maximum absolute atomic E-state index is 11.7. The van der Waals surface area contributed by atoms with Crippen molar-refractivity contribution in [3.63, 3.8) is 0 Å². The summed E-state index contributed by atoms with van der Waals surface area (Å²) in [5.41, 5.74) is 6.79. The smallest absolute Gasteiger partial charge is 0.318 e. The summed E-state index contributed by atoms with van der Waals surface area (Å²) in [7, 11) is 0. The predicted molar refractivity (Wildman–Crippen MR) is 218 cm³/mol. The number of rotatable bonds is 14. The maximum atomic E-state index is 11.7. The van der Waals surface area contributed by atoms with Gasteiger partial charge in [-0.15, -0.1) is 0 Å². The molecular weight excluding hydrogens is 701 g/mol. The van der Waals surface area contributed by atoms with E-state index in [9.17, 15) is 9.59 Å². The minimum absolute atomic E-state index is 0.298. The van der Waals surface area contributed by atoms with Gasteiger partial charge < -0.3 is 18.9 Å². The Morgan fingerprint density at radius 3 is 1.36 bits per heavy atom. The molecule has 6 aromatic rings. The number of benzene rings is 6. The van der Waals surface area contributed by atoms with Gasteiger partial charge in [0.25, 0.3) is 0 Å². The Labute approximate surface area is 321 Å². The minimum atomic E-state index is -0.552. The third-order valence-corrected chi connectivity index (χ3v) is 10.1. The molecule has 0 radical (unpaired) electrons. The lowest BCUT2D eigenvalue weighted by atomic mass is 9.67. The van der Waals surface area contributed by atoms with Crippen molar-refractivity contribution in [1.82, 2.24) is 0 Å². The average molecular weight is 743 g/mol. The highest BCUT2D eigenvalue weighted by molar-refractivity contribution is 7.82. The van der Waals surface area contributed by atoms with E-state index in [0.717, 1.165) is 33.0 Å². The van der Waals surface area contributed by atoms with Crippen molar-refractivity contribution in [2.75, 3.05) is 26.4 Å². The molecule has 1 aliphatic carbocycles. The van der Waals surface area contributed by atoms with Gasteiger partial charge in [-0.2, -0.15) is 25.3 Å². The van der Waals surface area contributed by atoms with E-state index in [1.165, 1.54) is 33.4 Å². The number of carbonyl (C=O) groups excluding carboxylic acids is 2. The van der Waals surface area contributed by atoms with Crippen LogP contribution in [0.5, 0.6) is 11.5 Å². The van der Waals surface area contributed by atoms with Crippen molar-refractivity contribution in [3.05, 3.63) is 144 Å². The average Bonchev–Trinajstić information content (AvgIpc) is 3.48. The van der Waals surface area contributed by atoms with Gasteiger partial charge in [-0.05, 0) is 105 Å². The second kappa shape index (κ2) is 16.0. The van der Waals surface area contributed by atoms with Crippen LogP contribution in [0.2, 0.25) is 0 Å². The van der Waals surface area contributed by atoms with Crippen LogP contribution in [0.3, 0.4) is 0 Å². The Balaban J connectivity index is 1.19. The Kier molecular flexibility index (Phi) is 11.0. The van der Waals surface area contributed by atoms with Gasteiger partial charge in [0.1, 0.15) is 11.5 Å².